The maximum Gasteiger partial charge on any atom is 0.335 e. The molecule has 1 fully saturated rings. The molecule has 5 heteroatoms. The van der Waals surface area contributed by atoms with Crippen LogP contribution in [-0.4, -0.2) is 35.2 Å². The van der Waals surface area contributed by atoms with E-state index < -0.39 is 11.9 Å². The first-order valence-corrected chi connectivity index (χ1v) is 5.88. The van der Waals surface area contributed by atoms with Crippen molar-refractivity contribution in [2.45, 2.75) is 13.3 Å². The van der Waals surface area contributed by atoms with Gasteiger partial charge in [0.25, 0.3) is 0 Å². The monoisotopic (exact) mass is 249 g/mol. The molecule has 5 nitrogen and oxygen atoms in total. The Morgan fingerprint density at radius 2 is 1.67 bits per heavy atom. The molecule has 0 aliphatic carbocycles. The average molecular weight is 249 g/mol. The number of benzene rings is 1. The molecule has 0 bridgehead atoms. The molecule has 2 N–H and O–H groups in total. The Labute approximate surface area is 105 Å². The summed E-state index contributed by atoms with van der Waals surface area (Å²) < 4.78 is 0. The van der Waals surface area contributed by atoms with Crippen LogP contribution in [0.1, 0.15) is 34.1 Å². The number of hydrogen-bond acceptors (Lipinski definition) is 3. The Kier molecular flexibility index (Phi) is 3.23. The summed E-state index contributed by atoms with van der Waals surface area (Å²) in [5.74, 6) is -1.59. The number of carboxylic acid groups (broad SMARTS) is 2. The van der Waals surface area contributed by atoms with Crippen LogP contribution in [0.4, 0.5) is 5.69 Å². The molecule has 0 saturated carbocycles. The van der Waals surface area contributed by atoms with Crippen molar-refractivity contribution in [1.82, 2.24) is 0 Å². The molecule has 96 valence electrons. The largest absolute Gasteiger partial charge is 0.478 e. The molecule has 2 rings (SSSR count). The van der Waals surface area contributed by atoms with Gasteiger partial charge in [-0.1, -0.05) is 6.92 Å². The van der Waals surface area contributed by atoms with Crippen molar-refractivity contribution in [1.29, 1.82) is 0 Å². The highest BCUT2D eigenvalue weighted by Gasteiger charge is 2.26. The van der Waals surface area contributed by atoms with Crippen molar-refractivity contribution in [3.8, 4) is 0 Å². The van der Waals surface area contributed by atoms with E-state index in [1.165, 1.54) is 18.2 Å². The highest BCUT2D eigenvalue weighted by molar-refractivity contribution is 5.95. The second-order valence-corrected chi connectivity index (χ2v) is 4.56. The van der Waals surface area contributed by atoms with Crippen LogP contribution in [0.2, 0.25) is 0 Å². The topological polar surface area (TPSA) is 77.8 Å². The Morgan fingerprint density at radius 3 is 2.06 bits per heavy atom. The Hall–Kier alpha value is -2.04. The molecule has 1 aromatic carbocycles. The molecular weight excluding hydrogens is 234 g/mol. The summed E-state index contributed by atoms with van der Waals surface area (Å²) in [5.41, 5.74) is 0.715. The van der Waals surface area contributed by atoms with Crippen molar-refractivity contribution >= 4 is 17.6 Å². The number of carboxylic acids is 2. The van der Waals surface area contributed by atoms with Gasteiger partial charge in [-0.25, -0.2) is 9.59 Å². The van der Waals surface area contributed by atoms with Crippen LogP contribution in [0.3, 0.4) is 0 Å². The van der Waals surface area contributed by atoms with E-state index in [0.717, 1.165) is 19.5 Å². The second kappa shape index (κ2) is 4.68. The van der Waals surface area contributed by atoms with E-state index in [9.17, 15) is 9.59 Å². The highest BCUT2D eigenvalue weighted by atomic mass is 16.4. The van der Waals surface area contributed by atoms with Gasteiger partial charge in [0.05, 0.1) is 11.1 Å². The molecule has 0 unspecified atom stereocenters. The molecule has 1 aliphatic rings. The predicted octanol–water partition coefficient (Wildman–Crippen LogP) is 1.93. The van der Waals surface area contributed by atoms with Crippen LogP contribution in [0.25, 0.3) is 0 Å². The number of hydrogen-bond donors (Lipinski definition) is 2. The van der Waals surface area contributed by atoms with Crippen molar-refractivity contribution < 1.29 is 19.8 Å². The quantitative estimate of drug-likeness (QED) is 0.852. The van der Waals surface area contributed by atoms with Gasteiger partial charge in [-0.2, -0.15) is 0 Å². The standard InChI is InChI=1S/C13H15NO4/c1-2-8-6-14(7-8)11-4-9(12(15)16)3-10(5-11)13(17)18/h3-5,8H,2,6-7H2,1H3,(H,15,16)(H,17,18). The van der Waals surface area contributed by atoms with Crippen LogP contribution in [-0.2, 0) is 0 Å². The summed E-state index contributed by atoms with van der Waals surface area (Å²) in [4.78, 5) is 23.9. The average Bonchev–Trinajstić information content (AvgIpc) is 2.27. The van der Waals surface area contributed by atoms with Crippen LogP contribution in [0.15, 0.2) is 18.2 Å². The molecule has 0 aromatic heterocycles. The van der Waals surface area contributed by atoms with Gasteiger partial charge in [0.2, 0.25) is 0 Å². The van der Waals surface area contributed by atoms with Crippen LogP contribution >= 0.6 is 0 Å². The summed E-state index contributed by atoms with van der Waals surface area (Å²) in [7, 11) is 0. The molecule has 18 heavy (non-hydrogen) atoms. The minimum Gasteiger partial charge on any atom is -0.478 e. The van der Waals surface area contributed by atoms with E-state index in [4.69, 9.17) is 10.2 Å². The summed E-state index contributed by atoms with van der Waals surface area (Å²) in [6.45, 7) is 3.83. The van der Waals surface area contributed by atoms with E-state index >= 15 is 0 Å². The van der Waals surface area contributed by atoms with Crippen molar-refractivity contribution in [2.75, 3.05) is 18.0 Å². The van der Waals surface area contributed by atoms with Crippen LogP contribution in [0.5, 0.6) is 0 Å². The van der Waals surface area contributed by atoms with Gasteiger partial charge < -0.3 is 15.1 Å². The first kappa shape index (κ1) is 12.4. The van der Waals surface area contributed by atoms with E-state index in [2.05, 4.69) is 6.92 Å². The fourth-order valence-corrected chi connectivity index (χ4v) is 2.08. The molecule has 0 spiro atoms. The Bertz CT molecular complexity index is 460. The van der Waals surface area contributed by atoms with Gasteiger partial charge >= 0.3 is 11.9 Å². The van der Waals surface area contributed by atoms with E-state index in [0.29, 0.717) is 11.6 Å². The lowest BCUT2D eigenvalue weighted by molar-refractivity contribution is 0.0696. The maximum absolute atomic E-state index is 11.0. The number of nitrogens with zero attached hydrogens (tertiary/aromatic N) is 1. The second-order valence-electron chi connectivity index (χ2n) is 4.56. The third-order valence-corrected chi connectivity index (χ3v) is 3.31. The third kappa shape index (κ3) is 2.30. The highest BCUT2D eigenvalue weighted by Crippen LogP contribution is 2.28. The van der Waals surface area contributed by atoms with E-state index in [-0.39, 0.29) is 11.1 Å². The van der Waals surface area contributed by atoms with Gasteiger partial charge in [-0.05, 0) is 30.5 Å². The molecule has 1 aliphatic heterocycles. The number of carbonyl (C=O) groups is 2. The maximum atomic E-state index is 11.0. The van der Waals surface area contributed by atoms with Gasteiger partial charge in [0.15, 0.2) is 0 Å². The predicted molar refractivity (Wildman–Crippen MR) is 66.4 cm³/mol. The first-order chi connectivity index (χ1) is 8.51. The molecule has 1 aromatic rings. The smallest absolute Gasteiger partial charge is 0.335 e. The Morgan fingerprint density at radius 1 is 1.17 bits per heavy atom. The lowest BCUT2D eigenvalue weighted by atomic mass is 9.95. The van der Waals surface area contributed by atoms with Gasteiger partial charge in [-0.3, -0.25) is 0 Å². The van der Waals surface area contributed by atoms with E-state index in [1.54, 1.807) is 0 Å². The normalized spacial score (nSPS) is 15.3. The fraction of sp³-hybridized carbons (Fsp3) is 0.385. The van der Waals surface area contributed by atoms with E-state index in [1.807, 2.05) is 4.90 Å². The summed E-state index contributed by atoms with van der Waals surface area (Å²) >= 11 is 0. The minimum atomic E-state index is -1.10. The summed E-state index contributed by atoms with van der Waals surface area (Å²) in [6.07, 6.45) is 1.08. The fourth-order valence-electron chi connectivity index (χ4n) is 2.08. The number of anilines is 1. The SMILES string of the molecule is CCC1CN(c2cc(C(=O)O)cc(C(=O)O)c2)C1. The first-order valence-electron chi connectivity index (χ1n) is 5.88. The lowest BCUT2D eigenvalue weighted by Gasteiger charge is -2.41. The van der Waals surface area contributed by atoms with Crippen LogP contribution in [0, 0.1) is 5.92 Å². The number of rotatable bonds is 4. The van der Waals surface area contributed by atoms with Crippen LogP contribution < -0.4 is 4.90 Å². The summed E-state index contributed by atoms with van der Waals surface area (Å²) in [6, 6.07) is 4.24. The zero-order valence-electron chi connectivity index (χ0n) is 10.1. The summed E-state index contributed by atoms with van der Waals surface area (Å²) in [5, 5.41) is 17.9. The molecule has 1 saturated heterocycles. The van der Waals surface area contributed by atoms with Crippen molar-refractivity contribution in [3.63, 3.8) is 0 Å². The van der Waals surface area contributed by atoms with Crippen molar-refractivity contribution in [3.05, 3.63) is 29.3 Å². The molecule has 0 atom stereocenters. The molecule has 0 radical (unpaired) electrons. The zero-order chi connectivity index (χ0) is 13.3. The molecular formula is C13H15NO4. The van der Waals surface area contributed by atoms with Gasteiger partial charge in [0, 0.05) is 18.8 Å². The van der Waals surface area contributed by atoms with Crippen molar-refractivity contribution in [2.24, 2.45) is 5.92 Å². The van der Waals surface area contributed by atoms with Gasteiger partial charge in [0.1, 0.15) is 0 Å². The number of aromatic carboxylic acids is 2. The molecule has 1 heterocycles. The Balaban J connectivity index is 2.30. The third-order valence-electron chi connectivity index (χ3n) is 3.31. The zero-order valence-corrected chi connectivity index (χ0v) is 10.1. The minimum absolute atomic E-state index is 0.0184. The molecule has 0 amide bonds. The van der Waals surface area contributed by atoms with Gasteiger partial charge in [-0.15, -0.1) is 0 Å². The lowest BCUT2D eigenvalue weighted by Crippen LogP contribution is -2.46.